The van der Waals surface area contributed by atoms with Gasteiger partial charge in [-0.25, -0.2) is 0 Å². The topological polar surface area (TPSA) is 63.1 Å². The first-order valence-corrected chi connectivity index (χ1v) is 11.3. The van der Waals surface area contributed by atoms with Crippen LogP contribution in [0.5, 0.6) is 0 Å². The zero-order valence-electron chi connectivity index (χ0n) is 15.7. The Kier molecular flexibility index (Phi) is 6.04. The second kappa shape index (κ2) is 8.51. The molecule has 0 unspecified atom stereocenters. The summed E-state index contributed by atoms with van der Waals surface area (Å²) < 4.78 is 2.22. The molecule has 6 nitrogen and oxygen atoms in total. The monoisotopic (exact) mass is 439 g/mol. The van der Waals surface area contributed by atoms with Crippen LogP contribution < -0.4 is 10.2 Å². The predicted molar refractivity (Wildman–Crippen MR) is 115 cm³/mol. The van der Waals surface area contributed by atoms with E-state index in [-0.39, 0.29) is 11.7 Å². The highest BCUT2D eigenvalue weighted by atomic mass is 35.5. The summed E-state index contributed by atoms with van der Waals surface area (Å²) >= 11 is 13.5. The van der Waals surface area contributed by atoms with Crippen LogP contribution in [0.3, 0.4) is 0 Å². The summed E-state index contributed by atoms with van der Waals surface area (Å²) in [7, 11) is 0. The van der Waals surface area contributed by atoms with E-state index in [1.807, 2.05) is 0 Å². The maximum absolute atomic E-state index is 12.4. The van der Waals surface area contributed by atoms with Gasteiger partial charge in [-0.05, 0) is 49.8 Å². The standard InChI is InChI=1S/C19H23Cl2N5OS/c1-12-6-8-25(9-7-12)18-23-24-19(26(18)14-3-4-14)28-11-17(27)22-16-10-13(20)2-5-15(16)21/h2,5,10,12,14H,3-4,6-9,11H2,1H3,(H,22,27). The Balaban J connectivity index is 1.42. The van der Waals surface area contributed by atoms with E-state index in [0.717, 1.165) is 43.0 Å². The van der Waals surface area contributed by atoms with Gasteiger partial charge < -0.3 is 10.2 Å². The van der Waals surface area contributed by atoms with E-state index in [1.165, 1.54) is 24.6 Å². The lowest BCUT2D eigenvalue weighted by Crippen LogP contribution is -2.34. The summed E-state index contributed by atoms with van der Waals surface area (Å²) in [5.74, 6) is 1.82. The highest BCUT2D eigenvalue weighted by Gasteiger charge is 2.32. The molecule has 2 fully saturated rings. The van der Waals surface area contributed by atoms with E-state index >= 15 is 0 Å². The van der Waals surface area contributed by atoms with Crippen LogP contribution in [0.15, 0.2) is 23.4 Å². The summed E-state index contributed by atoms with van der Waals surface area (Å²) in [6, 6.07) is 5.46. The molecule has 150 valence electrons. The number of carbonyl (C=O) groups is 1. The normalized spacial score (nSPS) is 17.8. The minimum atomic E-state index is -0.145. The fraction of sp³-hybridized carbons (Fsp3) is 0.526. The van der Waals surface area contributed by atoms with Gasteiger partial charge in [-0.2, -0.15) is 0 Å². The molecule has 1 amide bonds. The van der Waals surface area contributed by atoms with Gasteiger partial charge in [0.25, 0.3) is 0 Å². The third kappa shape index (κ3) is 4.58. The molecule has 2 heterocycles. The Labute approximate surface area is 179 Å². The number of amides is 1. The van der Waals surface area contributed by atoms with Crippen LogP contribution in [0.2, 0.25) is 10.0 Å². The van der Waals surface area contributed by atoms with Crippen molar-refractivity contribution in [2.45, 2.75) is 43.8 Å². The van der Waals surface area contributed by atoms with Gasteiger partial charge in [-0.3, -0.25) is 9.36 Å². The van der Waals surface area contributed by atoms with E-state index in [0.29, 0.717) is 21.8 Å². The second-order valence-electron chi connectivity index (χ2n) is 7.51. The van der Waals surface area contributed by atoms with Crippen LogP contribution in [0.25, 0.3) is 0 Å². The number of piperidine rings is 1. The van der Waals surface area contributed by atoms with Crippen molar-refractivity contribution in [3.8, 4) is 0 Å². The molecule has 0 atom stereocenters. The SMILES string of the molecule is CC1CCN(c2nnc(SCC(=O)Nc3cc(Cl)ccc3Cl)n2C2CC2)CC1. The Morgan fingerprint density at radius 3 is 2.68 bits per heavy atom. The number of rotatable bonds is 6. The summed E-state index contributed by atoms with van der Waals surface area (Å²) in [4.78, 5) is 14.7. The molecule has 9 heteroatoms. The minimum Gasteiger partial charge on any atom is -0.341 e. The number of hydrogen-bond donors (Lipinski definition) is 1. The van der Waals surface area contributed by atoms with E-state index in [1.54, 1.807) is 18.2 Å². The Morgan fingerprint density at radius 2 is 1.96 bits per heavy atom. The van der Waals surface area contributed by atoms with Gasteiger partial charge in [-0.15, -0.1) is 10.2 Å². The van der Waals surface area contributed by atoms with Crippen LogP contribution in [-0.2, 0) is 4.79 Å². The molecule has 1 aliphatic carbocycles. The number of thioether (sulfide) groups is 1. The van der Waals surface area contributed by atoms with Gasteiger partial charge in [0.05, 0.1) is 16.5 Å². The van der Waals surface area contributed by atoms with Crippen molar-refractivity contribution in [1.29, 1.82) is 0 Å². The molecule has 0 spiro atoms. The molecule has 28 heavy (non-hydrogen) atoms. The number of aromatic nitrogens is 3. The molecule has 4 rings (SSSR count). The summed E-state index contributed by atoms with van der Waals surface area (Å²) in [5, 5.41) is 13.5. The van der Waals surface area contributed by atoms with Gasteiger partial charge in [-0.1, -0.05) is 41.9 Å². The molecule has 0 bridgehead atoms. The lowest BCUT2D eigenvalue weighted by atomic mass is 10.00. The highest BCUT2D eigenvalue weighted by Crippen LogP contribution is 2.41. The molecule has 1 saturated heterocycles. The Morgan fingerprint density at radius 1 is 1.21 bits per heavy atom. The van der Waals surface area contributed by atoms with E-state index in [4.69, 9.17) is 23.2 Å². The van der Waals surface area contributed by atoms with Crippen LogP contribution >= 0.6 is 35.0 Å². The molecular formula is C19H23Cl2N5OS. The third-order valence-electron chi connectivity index (χ3n) is 5.16. The summed E-state index contributed by atoms with van der Waals surface area (Å²) in [6.07, 6.45) is 4.66. The first-order chi connectivity index (χ1) is 13.5. The molecule has 1 aliphatic heterocycles. The van der Waals surface area contributed by atoms with Gasteiger partial charge in [0.2, 0.25) is 11.9 Å². The molecule has 2 aromatic rings. The van der Waals surface area contributed by atoms with Gasteiger partial charge in [0.15, 0.2) is 5.16 Å². The lowest BCUT2D eigenvalue weighted by Gasteiger charge is -2.31. The zero-order chi connectivity index (χ0) is 19.7. The highest BCUT2D eigenvalue weighted by molar-refractivity contribution is 7.99. The quantitative estimate of drug-likeness (QED) is 0.649. The first-order valence-electron chi connectivity index (χ1n) is 9.59. The molecule has 1 aromatic heterocycles. The smallest absolute Gasteiger partial charge is 0.234 e. The van der Waals surface area contributed by atoms with Crippen molar-refractivity contribution in [2.75, 3.05) is 29.1 Å². The van der Waals surface area contributed by atoms with Crippen molar-refractivity contribution >= 4 is 52.5 Å². The number of benzene rings is 1. The number of nitrogens with one attached hydrogen (secondary N) is 1. The Hall–Kier alpha value is -1.44. The van der Waals surface area contributed by atoms with Crippen LogP contribution in [0.4, 0.5) is 11.6 Å². The number of hydrogen-bond acceptors (Lipinski definition) is 5. The fourth-order valence-corrected chi connectivity index (χ4v) is 4.49. The fourth-order valence-electron chi connectivity index (χ4n) is 3.35. The number of anilines is 2. The summed E-state index contributed by atoms with van der Waals surface area (Å²) in [6.45, 7) is 4.34. The first kappa shape index (κ1) is 19.9. The average Bonchev–Trinajstić information content (AvgIpc) is 3.43. The van der Waals surface area contributed by atoms with E-state index in [2.05, 4.69) is 31.9 Å². The third-order valence-corrected chi connectivity index (χ3v) is 6.67. The average molecular weight is 440 g/mol. The zero-order valence-corrected chi connectivity index (χ0v) is 18.0. The maximum atomic E-state index is 12.4. The summed E-state index contributed by atoms with van der Waals surface area (Å²) in [5.41, 5.74) is 0.520. The molecule has 2 aliphatic rings. The van der Waals surface area contributed by atoms with Crippen LogP contribution in [0.1, 0.15) is 38.6 Å². The van der Waals surface area contributed by atoms with E-state index < -0.39 is 0 Å². The number of halogens is 2. The van der Waals surface area contributed by atoms with Gasteiger partial charge in [0, 0.05) is 24.2 Å². The molecule has 1 N–H and O–H groups in total. The molecule has 1 saturated carbocycles. The molecule has 1 aromatic carbocycles. The van der Waals surface area contributed by atoms with Crippen LogP contribution in [-0.4, -0.2) is 39.5 Å². The number of carbonyl (C=O) groups excluding carboxylic acids is 1. The molecular weight excluding hydrogens is 417 g/mol. The molecule has 0 radical (unpaired) electrons. The maximum Gasteiger partial charge on any atom is 0.234 e. The van der Waals surface area contributed by atoms with E-state index in [9.17, 15) is 4.79 Å². The largest absolute Gasteiger partial charge is 0.341 e. The van der Waals surface area contributed by atoms with Gasteiger partial charge >= 0.3 is 0 Å². The van der Waals surface area contributed by atoms with Crippen molar-refractivity contribution in [2.24, 2.45) is 5.92 Å². The van der Waals surface area contributed by atoms with Gasteiger partial charge in [0.1, 0.15) is 0 Å². The Bertz CT molecular complexity index is 862. The second-order valence-corrected chi connectivity index (χ2v) is 9.30. The lowest BCUT2D eigenvalue weighted by molar-refractivity contribution is -0.113. The van der Waals surface area contributed by atoms with Crippen molar-refractivity contribution in [3.63, 3.8) is 0 Å². The predicted octanol–water partition coefficient (Wildman–Crippen LogP) is 4.89. The van der Waals surface area contributed by atoms with Crippen LogP contribution in [0, 0.1) is 5.92 Å². The number of nitrogens with zero attached hydrogens (tertiary/aromatic N) is 4. The van der Waals surface area contributed by atoms with Crippen molar-refractivity contribution < 1.29 is 4.79 Å². The van der Waals surface area contributed by atoms with Crippen molar-refractivity contribution in [1.82, 2.24) is 14.8 Å². The van der Waals surface area contributed by atoms with Crippen molar-refractivity contribution in [3.05, 3.63) is 28.2 Å². The minimum absolute atomic E-state index is 0.145.